The average molecular weight is 336 g/mol. The van der Waals surface area contributed by atoms with Crippen molar-refractivity contribution in [2.45, 2.75) is 12.8 Å². The van der Waals surface area contributed by atoms with Crippen LogP contribution in [0.3, 0.4) is 0 Å². The maximum absolute atomic E-state index is 13.3. The van der Waals surface area contributed by atoms with E-state index in [0.717, 1.165) is 37.2 Å². The summed E-state index contributed by atoms with van der Waals surface area (Å²) in [4.78, 5) is 18.6. The van der Waals surface area contributed by atoms with Gasteiger partial charge >= 0.3 is 0 Å². The van der Waals surface area contributed by atoms with Crippen LogP contribution in [0.5, 0.6) is 0 Å². The third kappa shape index (κ3) is 3.03. The maximum Gasteiger partial charge on any atom is 0.274 e. The topological polar surface area (TPSA) is 51.0 Å². The van der Waals surface area contributed by atoms with Crippen LogP contribution in [0.1, 0.15) is 23.3 Å². The third-order valence-corrected chi connectivity index (χ3v) is 4.37. The summed E-state index contributed by atoms with van der Waals surface area (Å²) in [5, 5.41) is 4.51. The van der Waals surface area contributed by atoms with Gasteiger partial charge in [-0.15, -0.1) is 0 Å². The van der Waals surface area contributed by atoms with E-state index in [1.807, 2.05) is 17.0 Å². The molecule has 0 aliphatic carbocycles. The Kier molecular flexibility index (Phi) is 4.01. The largest absolute Gasteiger partial charge is 0.337 e. The first-order chi connectivity index (χ1) is 12.2. The number of hydrogen-bond acceptors (Lipinski definition) is 3. The first-order valence-corrected chi connectivity index (χ1v) is 8.28. The molecule has 1 aliphatic heterocycles. The molecule has 0 saturated carbocycles. The smallest absolute Gasteiger partial charge is 0.274 e. The molecule has 1 aromatic carbocycles. The predicted molar refractivity (Wildman–Crippen MR) is 91.9 cm³/mol. The molecule has 0 N–H and O–H groups in total. The van der Waals surface area contributed by atoms with Crippen molar-refractivity contribution in [3.63, 3.8) is 0 Å². The van der Waals surface area contributed by atoms with Crippen LogP contribution in [0.2, 0.25) is 0 Å². The van der Waals surface area contributed by atoms with Crippen molar-refractivity contribution in [2.24, 2.45) is 0 Å². The normalized spacial score (nSPS) is 14.0. The van der Waals surface area contributed by atoms with Crippen molar-refractivity contribution >= 4 is 5.91 Å². The second kappa shape index (κ2) is 6.47. The molecule has 0 unspecified atom stereocenters. The van der Waals surface area contributed by atoms with Gasteiger partial charge in [0.1, 0.15) is 5.82 Å². The van der Waals surface area contributed by atoms with Crippen LogP contribution in [-0.2, 0) is 0 Å². The predicted octanol–water partition coefficient (Wildman–Crippen LogP) is 3.31. The fourth-order valence-electron chi connectivity index (χ4n) is 3.08. The van der Waals surface area contributed by atoms with E-state index in [1.165, 1.54) is 12.1 Å². The molecular weight excluding hydrogens is 319 g/mol. The summed E-state index contributed by atoms with van der Waals surface area (Å²) in [6, 6.07) is 11.6. The molecule has 4 rings (SSSR count). The number of rotatable bonds is 3. The molecule has 126 valence electrons. The Labute approximate surface area is 144 Å². The molecule has 1 amide bonds. The first kappa shape index (κ1) is 15.5. The van der Waals surface area contributed by atoms with E-state index >= 15 is 0 Å². The Hall–Kier alpha value is -3.02. The SMILES string of the molecule is O=C(c1cc(-c2ccncc2)n(-c2ccc(F)cc2)n1)N1CCCC1. The molecule has 0 bridgehead atoms. The highest BCUT2D eigenvalue weighted by atomic mass is 19.1. The van der Waals surface area contributed by atoms with E-state index in [1.54, 1.807) is 35.3 Å². The fourth-order valence-corrected chi connectivity index (χ4v) is 3.08. The number of hydrogen-bond donors (Lipinski definition) is 0. The van der Waals surface area contributed by atoms with Crippen LogP contribution >= 0.6 is 0 Å². The average Bonchev–Trinajstić information content (AvgIpc) is 3.33. The van der Waals surface area contributed by atoms with Gasteiger partial charge in [0.25, 0.3) is 5.91 Å². The van der Waals surface area contributed by atoms with Gasteiger partial charge in [-0.3, -0.25) is 9.78 Å². The van der Waals surface area contributed by atoms with Crippen LogP contribution in [-0.4, -0.2) is 38.7 Å². The number of benzene rings is 1. The second-order valence-corrected chi connectivity index (χ2v) is 6.04. The van der Waals surface area contributed by atoms with Gasteiger partial charge in [0, 0.05) is 31.0 Å². The molecular formula is C19H17FN4O. The minimum atomic E-state index is -0.310. The number of likely N-dealkylation sites (tertiary alicyclic amines) is 1. The molecule has 0 spiro atoms. The lowest BCUT2D eigenvalue weighted by Gasteiger charge is -2.12. The van der Waals surface area contributed by atoms with E-state index in [9.17, 15) is 9.18 Å². The van der Waals surface area contributed by atoms with Crippen LogP contribution in [0.15, 0.2) is 54.9 Å². The number of halogens is 1. The molecule has 6 heteroatoms. The minimum Gasteiger partial charge on any atom is -0.337 e. The van der Waals surface area contributed by atoms with Crippen LogP contribution < -0.4 is 0 Å². The third-order valence-electron chi connectivity index (χ3n) is 4.37. The maximum atomic E-state index is 13.3. The van der Waals surface area contributed by atoms with Gasteiger partial charge in [-0.05, 0) is 55.3 Å². The molecule has 1 aliphatic rings. The van der Waals surface area contributed by atoms with Gasteiger partial charge in [0.15, 0.2) is 5.69 Å². The van der Waals surface area contributed by atoms with E-state index in [-0.39, 0.29) is 11.7 Å². The summed E-state index contributed by atoms with van der Waals surface area (Å²) in [5.74, 6) is -0.372. The Morgan fingerprint density at radius 1 is 1.00 bits per heavy atom. The molecule has 5 nitrogen and oxygen atoms in total. The summed E-state index contributed by atoms with van der Waals surface area (Å²) >= 11 is 0. The lowest BCUT2D eigenvalue weighted by atomic mass is 10.1. The van der Waals surface area contributed by atoms with E-state index in [0.29, 0.717) is 11.4 Å². The minimum absolute atomic E-state index is 0.0614. The number of carbonyl (C=O) groups excluding carboxylic acids is 1. The van der Waals surface area contributed by atoms with E-state index < -0.39 is 0 Å². The lowest BCUT2D eigenvalue weighted by Crippen LogP contribution is -2.28. The van der Waals surface area contributed by atoms with Crippen molar-refractivity contribution in [2.75, 3.05) is 13.1 Å². The fraction of sp³-hybridized carbons (Fsp3) is 0.211. The van der Waals surface area contributed by atoms with Gasteiger partial charge in [-0.25, -0.2) is 9.07 Å². The van der Waals surface area contributed by atoms with Crippen LogP contribution in [0.4, 0.5) is 4.39 Å². The molecule has 1 fully saturated rings. The first-order valence-electron chi connectivity index (χ1n) is 8.28. The molecule has 3 aromatic rings. The Morgan fingerprint density at radius 3 is 2.36 bits per heavy atom. The van der Waals surface area contributed by atoms with Gasteiger partial charge in [0.05, 0.1) is 11.4 Å². The molecule has 2 aromatic heterocycles. The Bertz CT molecular complexity index is 884. The van der Waals surface area contributed by atoms with Gasteiger partial charge in [-0.2, -0.15) is 5.10 Å². The van der Waals surface area contributed by atoms with Gasteiger partial charge in [-0.1, -0.05) is 0 Å². The van der Waals surface area contributed by atoms with E-state index in [4.69, 9.17) is 0 Å². The highest BCUT2D eigenvalue weighted by Gasteiger charge is 2.23. The highest BCUT2D eigenvalue weighted by molar-refractivity contribution is 5.93. The molecule has 3 heterocycles. The zero-order valence-electron chi connectivity index (χ0n) is 13.6. The summed E-state index contributed by atoms with van der Waals surface area (Å²) in [7, 11) is 0. The quantitative estimate of drug-likeness (QED) is 0.737. The highest BCUT2D eigenvalue weighted by Crippen LogP contribution is 2.25. The molecule has 0 radical (unpaired) electrons. The molecule has 25 heavy (non-hydrogen) atoms. The van der Waals surface area contributed by atoms with Crippen molar-refractivity contribution in [1.82, 2.24) is 19.7 Å². The van der Waals surface area contributed by atoms with Crippen molar-refractivity contribution in [1.29, 1.82) is 0 Å². The zero-order valence-corrected chi connectivity index (χ0v) is 13.6. The second-order valence-electron chi connectivity index (χ2n) is 6.04. The number of nitrogens with zero attached hydrogens (tertiary/aromatic N) is 4. The summed E-state index contributed by atoms with van der Waals surface area (Å²) in [5.41, 5.74) is 2.77. The monoisotopic (exact) mass is 336 g/mol. The number of aromatic nitrogens is 3. The Balaban J connectivity index is 1.80. The van der Waals surface area contributed by atoms with Crippen LogP contribution in [0, 0.1) is 5.82 Å². The summed E-state index contributed by atoms with van der Waals surface area (Å²) < 4.78 is 14.9. The van der Waals surface area contributed by atoms with Gasteiger partial charge < -0.3 is 4.90 Å². The summed E-state index contributed by atoms with van der Waals surface area (Å²) in [6.45, 7) is 1.54. The van der Waals surface area contributed by atoms with Crippen LogP contribution in [0.25, 0.3) is 16.9 Å². The number of amides is 1. The van der Waals surface area contributed by atoms with Crippen molar-refractivity contribution in [3.05, 3.63) is 66.4 Å². The zero-order chi connectivity index (χ0) is 17.2. The van der Waals surface area contributed by atoms with E-state index in [2.05, 4.69) is 10.1 Å². The standard InChI is InChI=1S/C19H17FN4O/c20-15-3-5-16(6-4-15)24-18(14-7-9-21-10-8-14)13-17(22-24)19(25)23-11-1-2-12-23/h3-10,13H,1-2,11-12H2. The van der Waals surface area contributed by atoms with Gasteiger partial charge in [0.2, 0.25) is 0 Å². The Morgan fingerprint density at radius 2 is 1.68 bits per heavy atom. The summed E-state index contributed by atoms with van der Waals surface area (Å²) in [6.07, 6.45) is 5.45. The van der Waals surface area contributed by atoms with Crippen molar-refractivity contribution in [3.8, 4) is 16.9 Å². The number of pyridine rings is 1. The van der Waals surface area contributed by atoms with Crippen molar-refractivity contribution < 1.29 is 9.18 Å². The molecule has 1 saturated heterocycles. The lowest BCUT2D eigenvalue weighted by molar-refractivity contribution is 0.0786. The number of carbonyl (C=O) groups is 1. The molecule has 0 atom stereocenters.